The number of nitrogen functional groups attached to an aromatic ring is 1. The van der Waals surface area contributed by atoms with Gasteiger partial charge < -0.3 is 11.1 Å². The van der Waals surface area contributed by atoms with Crippen LogP contribution in [0.2, 0.25) is 5.02 Å². The van der Waals surface area contributed by atoms with Crippen LogP contribution in [0, 0.1) is 0 Å². The van der Waals surface area contributed by atoms with Crippen molar-refractivity contribution in [2.45, 2.75) is 11.4 Å². The van der Waals surface area contributed by atoms with E-state index >= 15 is 0 Å². The van der Waals surface area contributed by atoms with Crippen LogP contribution in [0.15, 0.2) is 40.6 Å². The van der Waals surface area contributed by atoms with Gasteiger partial charge in [0.25, 0.3) is 0 Å². The van der Waals surface area contributed by atoms with E-state index in [0.29, 0.717) is 23.0 Å². The van der Waals surface area contributed by atoms with Gasteiger partial charge in [-0.15, -0.1) is 23.1 Å². The third kappa shape index (κ3) is 4.45. The fraction of sp³-hybridized carbons (Fsp3) is 0.154. The van der Waals surface area contributed by atoms with E-state index in [9.17, 15) is 4.79 Å². The number of hydrogen-bond donors (Lipinski definition) is 2. The number of carbonyl (C=O) groups excluding carboxylic acids is 1. The van der Waals surface area contributed by atoms with Gasteiger partial charge in [-0.05, 0) is 29.6 Å². The van der Waals surface area contributed by atoms with Gasteiger partial charge in [-0.25, -0.2) is 0 Å². The van der Waals surface area contributed by atoms with Crippen LogP contribution in [-0.4, -0.2) is 11.7 Å². The lowest BCUT2D eigenvalue weighted by Crippen LogP contribution is -2.24. The zero-order valence-corrected chi connectivity index (χ0v) is 12.4. The Balaban J connectivity index is 1.80. The number of anilines is 1. The molecule has 3 nitrogen and oxygen atoms in total. The molecule has 1 amide bonds. The smallest absolute Gasteiger partial charge is 0.230 e. The number of halogens is 1. The Hall–Kier alpha value is -1.17. The second-order valence-corrected chi connectivity index (χ2v) is 6.31. The molecule has 0 fully saturated rings. The zero-order chi connectivity index (χ0) is 13.7. The molecule has 1 heterocycles. The van der Waals surface area contributed by atoms with Crippen molar-refractivity contribution in [3.05, 3.63) is 45.6 Å². The van der Waals surface area contributed by atoms with Gasteiger partial charge >= 0.3 is 0 Å². The number of carbonyl (C=O) groups is 1. The maximum atomic E-state index is 11.7. The SMILES string of the molecule is Nc1cc(Cl)ccc1SCC(=O)NCc1cccs1. The van der Waals surface area contributed by atoms with Crippen molar-refractivity contribution in [1.82, 2.24) is 5.32 Å². The predicted octanol–water partition coefficient (Wildman–Crippen LogP) is 3.39. The molecule has 6 heteroatoms. The van der Waals surface area contributed by atoms with Crippen LogP contribution in [0.3, 0.4) is 0 Å². The molecule has 0 aliphatic rings. The summed E-state index contributed by atoms with van der Waals surface area (Å²) in [5.74, 6) is 0.338. The summed E-state index contributed by atoms with van der Waals surface area (Å²) in [6.45, 7) is 0.577. The monoisotopic (exact) mass is 312 g/mol. The molecule has 100 valence electrons. The molecular formula is C13H13ClN2OS2. The van der Waals surface area contributed by atoms with Crippen molar-refractivity contribution in [3.63, 3.8) is 0 Å². The summed E-state index contributed by atoms with van der Waals surface area (Å²) in [6, 6.07) is 9.25. The van der Waals surface area contributed by atoms with Gasteiger partial charge in [0.1, 0.15) is 0 Å². The van der Waals surface area contributed by atoms with Gasteiger partial charge in [0.2, 0.25) is 5.91 Å². The molecule has 0 radical (unpaired) electrons. The Bertz CT molecular complexity index is 558. The lowest BCUT2D eigenvalue weighted by molar-refractivity contribution is -0.118. The van der Waals surface area contributed by atoms with Crippen LogP contribution in [0.4, 0.5) is 5.69 Å². The standard InChI is InChI=1S/C13H13ClN2OS2/c14-9-3-4-12(11(15)6-9)19-8-13(17)16-7-10-2-1-5-18-10/h1-6H,7-8,15H2,(H,16,17). The van der Waals surface area contributed by atoms with Crippen molar-refractivity contribution in [2.75, 3.05) is 11.5 Å². The van der Waals surface area contributed by atoms with E-state index < -0.39 is 0 Å². The topological polar surface area (TPSA) is 55.1 Å². The number of amides is 1. The summed E-state index contributed by atoms with van der Waals surface area (Å²) >= 11 is 8.86. The minimum absolute atomic E-state index is 0.00671. The van der Waals surface area contributed by atoms with Crippen LogP contribution in [0.25, 0.3) is 0 Å². The first-order chi connectivity index (χ1) is 9.15. The predicted molar refractivity (Wildman–Crippen MR) is 82.8 cm³/mol. The molecule has 0 aliphatic heterocycles. The summed E-state index contributed by atoms with van der Waals surface area (Å²) < 4.78 is 0. The highest BCUT2D eigenvalue weighted by Gasteiger charge is 2.06. The van der Waals surface area contributed by atoms with Crippen molar-refractivity contribution in [2.24, 2.45) is 0 Å². The normalized spacial score (nSPS) is 10.4. The first kappa shape index (κ1) is 14.2. The van der Waals surface area contributed by atoms with Crippen LogP contribution < -0.4 is 11.1 Å². The summed E-state index contributed by atoms with van der Waals surface area (Å²) in [6.07, 6.45) is 0. The quantitative estimate of drug-likeness (QED) is 0.657. The molecule has 0 aliphatic carbocycles. The number of rotatable bonds is 5. The number of nitrogens with one attached hydrogen (secondary N) is 1. The lowest BCUT2D eigenvalue weighted by Gasteiger charge is -2.06. The Morgan fingerprint density at radius 1 is 1.42 bits per heavy atom. The highest BCUT2D eigenvalue weighted by atomic mass is 35.5. The molecule has 2 rings (SSSR count). The van der Waals surface area contributed by atoms with Crippen LogP contribution in [0.1, 0.15) is 4.88 Å². The summed E-state index contributed by atoms with van der Waals surface area (Å²) in [4.78, 5) is 13.7. The molecule has 0 saturated heterocycles. The molecule has 3 N–H and O–H groups in total. The number of nitrogens with two attached hydrogens (primary N) is 1. The second-order valence-electron chi connectivity index (χ2n) is 3.83. The van der Waals surface area contributed by atoms with E-state index in [1.165, 1.54) is 11.8 Å². The second kappa shape index (κ2) is 6.84. The molecule has 0 bridgehead atoms. The van der Waals surface area contributed by atoms with Gasteiger partial charge in [-0.2, -0.15) is 0 Å². The highest BCUT2D eigenvalue weighted by molar-refractivity contribution is 8.00. The van der Waals surface area contributed by atoms with Crippen LogP contribution >= 0.6 is 34.7 Å². The molecule has 2 aromatic rings. The van der Waals surface area contributed by atoms with Crippen molar-refractivity contribution < 1.29 is 4.79 Å². The largest absolute Gasteiger partial charge is 0.398 e. The van der Waals surface area contributed by atoms with Gasteiger partial charge in [0.15, 0.2) is 0 Å². The van der Waals surface area contributed by atoms with E-state index in [4.69, 9.17) is 17.3 Å². The number of thioether (sulfide) groups is 1. The minimum atomic E-state index is -0.00671. The number of thiophene rings is 1. The van der Waals surface area contributed by atoms with Crippen molar-refractivity contribution in [3.8, 4) is 0 Å². The molecular weight excluding hydrogens is 300 g/mol. The summed E-state index contributed by atoms with van der Waals surface area (Å²) in [5, 5.41) is 5.46. The maximum absolute atomic E-state index is 11.7. The van der Waals surface area contributed by atoms with E-state index in [1.54, 1.807) is 23.5 Å². The van der Waals surface area contributed by atoms with E-state index in [2.05, 4.69) is 5.32 Å². The molecule has 1 aromatic heterocycles. The molecule has 0 unspecified atom stereocenters. The van der Waals surface area contributed by atoms with Crippen molar-refractivity contribution >= 4 is 46.3 Å². The molecule has 0 saturated carbocycles. The fourth-order valence-corrected chi connectivity index (χ4v) is 3.05. The number of benzene rings is 1. The van der Waals surface area contributed by atoms with Gasteiger partial charge in [-0.1, -0.05) is 17.7 Å². The molecule has 0 atom stereocenters. The van der Waals surface area contributed by atoms with E-state index in [1.807, 2.05) is 23.6 Å². The first-order valence-electron chi connectivity index (χ1n) is 5.62. The van der Waals surface area contributed by atoms with E-state index in [-0.39, 0.29) is 5.91 Å². The Kier molecular flexibility index (Phi) is 5.13. The van der Waals surface area contributed by atoms with Gasteiger partial charge in [-0.3, -0.25) is 4.79 Å². The van der Waals surface area contributed by atoms with Crippen LogP contribution in [0.5, 0.6) is 0 Å². The third-order valence-corrected chi connectivity index (χ3v) is 4.57. The van der Waals surface area contributed by atoms with E-state index in [0.717, 1.165) is 9.77 Å². The Morgan fingerprint density at radius 2 is 2.26 bits per heavy atom. The fourth-order valence-electron chi connectivity index (χ4n) is 1.44. The molecule has 19 heavy (non-hydrogen) atoms. The van der Waals surface area contributed by atoms with Crippen LogP contribution in [-0.2, 0) is 11.3 Å². The number of hydrogen-bond acceptors (Lipinski definition) is 4. The third-order valence-electron chi connectivity index (χ3n) is 2.37. The highest BCUT2D eigenvalue weighted by Crippen LogP contribution is 2.27. The lowest BCUT2D eigenvalue weighted by atomic mass is 10.3. The average molecular weight is 313 g/mol. The zero-order valence-electron chi connectivity index (χ0n) is 10.1. The Morgan fingerprint density at radius 3 is 2.95 bits per heavy atom. The molecule has 1 aromatic carbocycles. The summed E-state index contributed by atoms with van der Waals surface area (Å²) in [5.41, 5.74) is 6.42. The summed E-state index contributed by atoms with van der Waals surface area (Å²) in [7, 11) is 0. The van der Waals surface area contributed by atoms with Gasteiger partial charge in [0.05, 0.1) is 12.3 Å². The van der Waals surface area contributed by atoms with Gasteiger partial charge in [0, 0.05) is 20.5 Å². The average Bonchev–Trinajstić information content (AvgIpc) is 2.88. The minimum Gasteiger partial charge on any atom is -0.398 e. The van der Waals surface area contributed by atoms with Crippen molar-refractivity contribution in [1.29, 1.82) is 0 Å². The maximum Gasteiger partial charge on any atom is 0.230 e. The Labute approximate surface area is 125 Å². The first-order valence-corrected chi connectivity index (χ1v) is 7.86. The molecule has 0 spiro atoms.